The van der Waals surface area contributed by atoms with E-state index in [9.17, 15) is 14.4 Å². The van der Waals surface area contributed by atoms with Crippen LogP contribution in [-0.4, -0.2) is 123 Å². The van der Waals surface area contributed by atoms with Gasteiger partial charge < -0.3 is 58.9 Å². The molecule has 9 aromatic rings. The highest BCUT2D eigenvalue weighted by atomic mass is 16.5. The van der Waals surface area contributed by atoms with Crippen LogP contribution in [0.3, 0.4) is 0 Å². The molecule has 25 heteroatoms. The van der Waals surface area contributed by atoms with Gasteiger partial charge in [-0.25, -0.2) is 0 Å². The van der Waals surface area contributed by atoms with Crippen molar-refractivity contribution in [2.45, 2.75) is 25.7 Å². The molecular weight excluding hydrogens is 1040 g/mol. The van der Waals surface area contributed by atoms with Gasteiger partial charge in [0.05, 0.1) is 89.8 Å². The first-order valence-corrected chi connectivity index (χ1v) is 26.0. The molecule has 0 aliphatic carbocycles. The quantitative estimate of drug-likeness (QED) is 0.163. The third-order valence-corrected chi connectivity index (χ3v) is 13.4. The van der Waals surface area contributed by atoms with Crippen LogP contribution in [0.5, 0.6) is 0 Å². The van der Waals surface area contributed by atoms with Crippen LogP contribution in [0.2, 0.25) is 0 Å². The predicted octanol–water partition coefficient (Wildman–Crippen LogP) is 5.26. The molecule has 6 aromatic heterocycles. The number of piperidine rings is 1. The van der Waals surface area contributed by atoms with Crippen LogP contribution in [0.4, 0.5) is 28.7 Å². The smallest absolute Gasteiger partial charge is 0.232 e. The lowest BCUT2D eigenvalue weighted by atomic mass is 10.1. The fourth-order valence-electron chi connectivity index (χ4n) is 9.20. The molecule has 0 bridgehead atoms. The van der Waals surface area contributed by atoms with Crippen LogP contribution < -0.4 is 47.8 Å². The van der Waals surface area contributed by atoms with E-state index in [1.165, 1.54) is 44.7 Å². The number of fused-ring (bicyclic) bond motifs is 5. The summed E-state index contributed by atoms with van der Waals surface area (Å²) in [6, 6.07) is 26.6. The average molecular weight is 1100 g/mol. The van der Waals surface area contributed by atoms with Crippen molar-refractivity contribution in [2.24, 2.45) is 0 Å². The molecule has 0 radical (unpaired) electrons. The first-order valence-electron chi connectivity index (χ1n) is 26.0. The molecule has 6 N–H and O–H groups in total. The summed E-state index contributed by atoms with van der Waals surface area (Å²) >= 11 is 0. The summed E-state index contributed by atoms with van der Waals surface area (Å²) in [5.74, 6) is 0.484. The number of H-pyrrole nitrogens is 1. The molecule has 0 amide bonds. The molecule has 0 saturated carbocycles. The molecule has 4 aliphatic heterocycles. The number of anilines is 5. The van der Waals surface area contributed by atoms with Crippen LogP contribution in [-0.2, 0) is 14.2 Å². The van der Waals surface area contributed by atoms with Crippen LogP contribution >= 0.6 is 0 Å². The van der Waals surface area contributed by atoms with Gasteiger partial charge in [-0.1, -0.05) is 6.42 Å². The van der Waals surface area contributed by atoms with E-state index in [0.29, 0.717) is 83.5 Å². The summed E-state index contributed by atoms with van der Waals surface area (Å²) in [7, 11) is 0. The van der Waals surface area contributed by atoms with Gasteiger partial charge in [-0.2, -0.15) is 36.2 Å². The summed E-state index contributed by atoms with van der Waals surface area (Å²) in [4.78, 5) is 52.7. The van der Waals surface area contributed by atoms with Crippen molar-refractivity contribution in [3.8, 4) is 35.7 Å². The molecule has 25 nitrogen and oxygen atoms in total. The van der Waals surface area contributed by atoms with Gasteiger partial charge >= 0.3 is 0 Å². The highest BCUT2D eigenvalue weighted by Crippen LogP contribution is 2.29. The van der Waals surface area contributed by atoms with Gasteiger partial charge in [-0.15, -0.1) is 10.2 Å². The van der Waals surface area contributed by atoms with Crippen LogP contribution in [0, 0.1) is 45.3 Å². The molecular formula is C56H54N16O9. The molecule has 0 atom stereocenters. The molecule has 0 spiro atoms. The Morgan fingerprint density at radius 3 is 1.43 bits per heavy atom. The lowest BCUT2D eigenvalue weighted by Gasteiger charge is -2.28. The number of hydrogen-bond acceptors (Lipinski definition) is 24. The van der Waals surface area contributed by atoms with E-state index in [1.807, 2.05) is 42.5 Å². The highest BCUT2D eigenvalue weighted by molar-refractivity contribution is 5.94. The fourth-order valence-corrected chi connectivity index (χ4v) is 9.20. The highest BCUT2D eigenvalue weighted by Gasteiger charge is 2.20. The Kier molecular flexibility index (Phi) is 18.3. The van der Waals surface area contributed by atoms with Crippen LogP contribution in [0.25, 0.3) is 66.5 Å². The van der Waals surface area contributed by atoms with Crippen LogP contribution in [0.1, 0.15) is 36.8 Å². The van der Waals surface area contributed by atoms with Gasteiger partial charge in [-0.3, -0.25) is 14.4 Å². The Balaban J connectivity index is 0.000000135. The number of nitrogens with two attached hydrogens (primary N) is 2. The minimum Gasteiger partial charge on any atom is -0.463 e. The Morgan fingerprint density at radius 2 is 1.01 bits per heavy atom. The van der Waals surface area contributed by atoms with Gasteiger partial charge in [0.25, 0.3) is 0 Å². The minimum atomic E-state index is -0.279. The summed E-state index contributed by atoms with van der Waals surface area (Å²) in [6.07, 6.45) is 5.42. The van der Waals surface area contributed by atoms with Crippen molar-refractivity contribution >= 4 is 83.8 Å². The van der Waals surface area contributed by atoms with E-state index in [-0.39, 0.29) is 68.1 Å². The molecule has 0 unspecified atom stereocenters. The summed E-state index contributed by atoms with van der Waals surface area (Å²) in [6.45, 7) is 11.3. The van der Waals surface area contributed by atoms with Gasteiger partial charge in [0, 0.05) is 56.3 Å². The van der Waals surface area contributed by atoms with E-state index >= 15 is 0 Å². The Morgan fingerprint density at radius 1 is 0.543 bits per heavy atom. The molecule has 4 saturated heterocycles. The van der Waals surface area contributed by atoms with Crippen molar-refractivity contribution < 1.29 is 27.5 Å². The van der Waals surface area contributed by atoms with Crippen molar-refractivity contribution in [2.75, 3.05) is 118 Å². The minimum absolute atomic E-state index is 0. The van der Waals surface area contributed by atoms with E-state index in [2.05, 4.69) is 50.6 Å². The SMILES string of the molecule is C1CCNCC1.N#CCC#N.N#Cc1cc2c(=O)c3cc(N4CCOCC4)ccc3oc2nc1N.N#Cc1coc2ccc(N3CCOCC3)cc2c1=O.Nc1nc2oc3ccc(N4CCOCC4)cc3c(=O)c2cc1-c1nn[nH]n1. The van der Waals surface area contributed by atoms with E-state index in [0.717, 1.165) is 56.3 Å². The number of morpholine rings is 3. The average Bonchev–Trinajstić information content (AvgIpc) is 4.18. The third kappa shape index (κ3) is 13.1. The zero-order chi connectivity index (χ0) is 56.7. The monoisotopic (exact) mass is 1090 g/mol. The predicted molar refractivity (Wildman–Crippen MR) is 301 cm³/mol. The second kappa shape index (κ2) is 26.6. The molecule has 4 aliphatic rings. The molecule has 4 fully saturated rings. The Hall–Kier alpha value is -10.0. The van der Waals surface area contributed by atoms with Gasteiger partial charge in [0.1, 0.15) is 58.8 Å². The lowest BCUT2D eigenvalue weighted by Crippen LogP contribution is -2.36. The van der Waals surface area contributed by atoms with E-state index in [1.54, 1.807) is 42.5 Å². The van der Waals surface area contributed by atoms with E-state index in [4.69, 9.17) is 60.0 Å². The molecule has 10 heterocycles. The van der Waals surface area contributed by atoms with Gasteiger partial charge in [0.2, 0.25) is 33.5 Å². The first kappa shape index (κ1) is 55.7. The lowest BCUT2D eigenvalue weighted by molar-refractivity contribution is 0.122. The van der Waals surface area contributed by atoms with Gasteiger partial charge in [0.15, 0.2) is 0 Å². The van der Waals surface area contributed by atoms with E-state index < -0.39 is 0 Å². The number of nitrogen functional groups attached to an aromatic ring is 2. The maximum absolute atomic E-state index is 13.1. The normalized spacial score (nSPS) is 15.0. The second-order valence-corrected chi connectivity index (χ2v) is 18.5. The number of nitriles is 4. The standard InChI is InChI=1S/C17H15N7O3.C17H14N4O3.C14H12N2O3.C5H11N.C3H2N2/c18-15-12(16-20-22-23-21-16)8-11-14(25)10-7-9(24-3-5-26-6-4-24)1-2-13(10)27-17(11)19-15;18-9-10-7-13-15(22)12-8-11(21-3-5-23-6-4-21)1-2-14(12)24-17(13)20-16(10)19;15-8-10-9-19-13-2-1-11(7-12(13)14(10)17)16-3-5-18-6-4-16;1-2-4-6-5-3-1;4-2-1-3-5/h1-2,7-8H,3-6H2,(H2,18,19)(H,20,21,22,23);1-2,7-8H,3-6H2,(H2,19,20);1-2,7,9H,3-6H2;6H,1-5H2;1H2. The van der Waals surface area contributed by atoms with Crippen molar-refractivity contribution in [3.63, 3.8) is 0 Å². The Bertz CT molecular complexity index is 4040. The summed E-state index contributed by atoms with van der Waals surface area (Å²) in [5.41, 5.74) is 16.2. The number of nitrogens with one attached hydrogen (secondary N) is 2. The van der Waals surface area contributed by atoms with Gasteiger partial charge in [-0.05, 0) is 97.9 Å². The van der Waals surface area contributed by atoms with Crippen molar-refractivity contribution in [3.05, 3.63) is 115 Å². The maximum atomic E-state index is 13.1. The number of tetrazole rings is 1. The van der Waals surface area contributed by atoms with Crippen molar-refractivity contribution in [1.82, 2.24) is 35.9 Å². The molecule has 81 heavy (non-hydrogen) atoms. The number of benzene rings is 3. The van der Waals surface area contributed by atoms with Crippen LogP contribution in [0.15, 0.2) is 101 Å². The number of hydrogen-bond donors (Lipinski definition) is 4. The maximum Gasteiger partial charge on any atom is 0.232 e. The summed E-state index contributed by atoms with van der Waals surface area (Å²) in [5, 5.41) is 52.1. The summed E-state index contributed by atoms with van der Waals surface area (Å²) < 4.78 is 32.9. The number of ether oxygens (including phenoxy) is 3. The fraction of sp³-hybridized carbons (Fsp3) is 0.321. The number of nitrogens with zero attached hydrogens (tertiary/aromatic N) is 12. The third-order valence-electron chi connectivity index (χ3n) is 13.4. The molecule has 412 valence electrons. The Labute approximate surface area is 461 Å². The largest absolute Gasteiger partial charge is 0.463 e. The topological polar surface area (TPSA) is 368 Å². The molecule has 3 aromatic carbocycles. The second-order valence-electron chi connectivity index (χ2n) is 18.5. The number of pyridine rings is 2. The zero-order valence-corrected chi connectivity index (χ0v) is 43.9. The number of aromatic nitrogens is 6. The van der Waals surface area contributed by atoms with Crippen molar-refractivity contribution in [1.29, 1.82) is 21.0 Å². The first-order chi connectivity index (χ1) is 39.6. The number of aromatic amines is 1. The molecule has 13 rings (SSSR count). The number of rotatable bonds is 4. The zero-order valence-electron chi connectivity index (χ0n) is 43.9.